The highest BCUT2D eigenvalue weighted by Gasteiger charge is 2.28. The molecule has 0 bridgehead atoms. The highest BCUT2D eigenvalue weighted by Crippen LogP contribution is 2.19. The minimum absolute atomic E-state index is 0.0318. The highest BCUT2D eigenvalue weighted by atomic mass is 19.1. The molecular weight excluding hydrogens is 445 g/mol. The van der Waals surface area contributed by atoms with Crippen LogP contribution in [0.2, 0.25) is 0 Å². The molecule has 8 heteroatoms. The lowest BCUT2D eigenvalue weighted by molar-refractivity contribution is -0.132. The number of carbonyl (C=O) groups excluding carboxylic acids is 2. The zero-order valence-electron chi connectivity index (χ0n) is 20.1. The number of hydrogen-bond acceptors (Lipinski definition) is 5. The summed E-state index contributed by atoms with van der Waals surface area (Å²) in [5.74, 6) is -0.138. The summed E-state index contributed by atoms with van der Waals surface area (Å²) in [6.07, 6.45) is 0.694. The monoisotopic (exact) mass is 475 g/mol. The first-order valence-corrected chi connectivity index (χ1v) is 11.9. The zero-order chi connectivity index (χ0) is 24.8. The Balaban J connectivity index is 1.36. The minimum atomic E-state index is -0.470. The number of rotatable bonds is 7. The quantitative estimate of drug-likeness (QED) is 0.519. The van der Waals surface area contributed by atoms with Crippen LogP contribution in [0.4, 0.5) is 10.2 Å². The molecule has 7 nitrogen and oxygen atoms in total. The average Bonchev–Trinajstić information content (AvgIpc) is 2.91. The van der Waals surface area contributed by atoms with E-state index >= 15 is 0 Å². The molecule has 35 heavy (non-hydrogen) atoms. The summed E-state index contributed by atoms with van der Waals surface area (Å²) in [6.45, 7) is 6.16. The fourth-order valence-corrected chi connectivity index (χ4v) is 4.12. The molecular formula is C27H30FN5O2. The van der Waals surface area contributed by atoms with Gasteiger partial charge in [0.2, 0.25) is 5.91 Å². The second-order valence-electron chi connectivity index (χ2n) is 8.71. The molecule has 182 valence electrons. The normalized spacial score (nSPS) is 14.5. The topological polar surface area (TPSA) is 69.6 Å². The van der Waals surface area contributed by atoms with Gasteiger partial charge in [0.05, 0.1) is 5.69 Å². The van der Waals surface area contributed by atoms with Crippen molar-refractivity contribution in [3.05, 3.63) is 78.1 Å². The second-order valence-corrected chi connectivity index (χ2v) is 8.71. The Kier molecular flexibility index (Phi) is 7.70. The molecule has 4 rings (SSSR count). The van der Waals surface area contributed by atoms with E-state index in [1.165, 1.54) is 23.1 Å². The molecule has 3 aromatic rings. The number of aromatic nitrogens is 2. The van der Waals surface area contributed by atoms with Crippen molar-refractivity contribution in [2.75, 3.05) is 37.6 Å². The summed E-state index contributed by atoms with van der Waals surface area (Å²) in [5.41, 5.74) is 2.08. The molecule has 1 aliphatic heterocycles. The number of carbonyl (C=O) groups is 2. The van der Waals surface area contributed by atoms with Crippen LogP contribution >= 0.6 is 0 Å². The van der Waals surface area contributed by atoms with Crippen LogP contribution in [0.1, 0.15) is 30.6 Å². The standard InChI is InChI=1S/C27H30FN5O2/c1-3-20(2)33(27(35)22-10-7-11-23(28)18-22)19-26(34)32-16-14-31(15-17-32)25-13-12-24(29-30-25)21-8-5-4-6-9-21/h4-13,18,20H,3,14-17,19H2,1-2H3/t20-/m0/s1. The largest absolute Gasteiger partial charge is 0.352 e. The van der Waals surface area contributed by atoms with E-state index in [0.29, 0.717) is 32.6 Å². The molecule has 2 heterocycles. The number of halogens is 1. The van der Waals surface area contributed by atoms with E-state index in [1.807, 2.05) is 56.3 Å². The predicted molar refractivity (Wildman–Crippen MR) is 133 cm³/mol. The second kappa shape index (κ2) is 11.1. The zero-order valence-corrected chi connectivity index (χ0v) is 20.1. The molecule has 0 aliphatic carbocycles. The third-order valence-corrected chi connectivity index (χ3v) is 6.44. The van der Waals surface area contributed by atoms with Gasteiger partial charge in [0.15, 0.2) is 5.82 Å². The molecule has 2 amide bonds. The molecule has 1 aliphatic rings. The van der Waals surface area contributed by atoms with E-state index in [-0.39, 0.29) is 30.0 Å². The molecule has 1 aromatic heterocycles. The van der Waals surface area contributed by atoms with Crippen LogP contribution in [0.15, 0.2) is 66.7 Å². The lowest BCUT2D eigenvalue weighted by Crippen LogP contribution is -2.53. The molecule has 2 aromatic carbocycles. The van der Waals surface area contributed by atoms with Gasteiger partial charge < -0.3 is 14.7 Å². The number of benzene rings is 2. The summed E-state index contributed by atoms with van der Waals surface area (Å²) in [7, 11) is 0. The van der Waals surface area contributed by atoms with Crippen LogP contribution < -0.4 is 4.90 Å². The van der Waals surface area contributed by atoms with Gasteiger partial charge in [-0.1, -0.05) is 43.3 Å². The van der Waals surface area contributed by atoms with Gasteiger partial charge in [-0.05, 0) is 43.7 Å². The van der Waals surface area contributed by atoms with Crippen molar-refractivity contribution in [3.63, 3.8) is 0 Å². The summed E-state index contributed by atoms with van der Waals surface area (Å²) in [4.78, 5) is 31.6. The van der Waals surface area contributed by atoms with Crippen LogP contribution in [0.5, 0.6) is 0 Å². The lowest BCUT2D eigenvalue weighted by Gasteiger charge is -2.37. The Morgan fingerprint density at radius 2 is 1.71 bits per heavy atom. The van der Waals surface area contributed by atoms with Gasteiger partial charge in [0.25, 0.3) is 5.91 Å². The summed E-state index contributed by atoms with van der Waals surface area (Å²) in [6, 6.07) is 19.3. The van der Waals surface area contributed by atoms with Gasteiger partial charge in [0.1, 0.15) is 12.4 Å². The van der Waals surface area contributed by atoms with Crippen molar-refractivity contribution in [1.82, 2.24) is 20.0 Å². The van der Waals surface area contributed by atoms with Crippen LogP contribution in [0.3, 0.4) is 0 Å². The van der Waals surface area contributed by atoms with Gasteiger partial charge in [0, 0.05) is 43.3 Å². The third kappa shape index (κ3) is 5.82. The average molecular weight is 476 g/mol. The highest BCUT2D eigenvalue weighted by molar-refractivity contribution is 5.96. The van der Waals surface area contributed by atoms with E-state index < -0.39 is 5.82 Å². The molecule has 0 saturated carbocycles. The number of nitrogens with zero attached hydrogens (tertiary/aromatic N) is 5. The van der Waals surface area contributed by atoms with E-state index in [2.05, 4.69) is 15.1 Å². The molecule has 0 spiro atoms. The molecule has 1 fully saturated rings. The molecule has 0 radical (unpaired) electrons. The summed E-state index contributed by atoms with van der Waals surface area (Å²) in [5, 5.41) is 8.74. The number of piperazine rings is 1. The van der Waals surface area contributed by atoms with Gasteiger partial charge in [-0.3, -0.25) is 9.59 Å². The van der Waals surface area contributed by atoms with Crippen molar-refractivity contribution < 1.29 is 14.0 Å². The Hall–Kier alpha value is -3.81. The number of anilines is 1. The molecule has 0 unspecified atom stereocenters. The van der Waals surface area contributed by atoms with Gasteiger partial charge >= 0.3 is 0 Å². The van der Waals surface area contributed by atoms with Gasteiger partial charge in [-0.25, -0.2) is 4.39 Å². The van der Waals surface area contributed by atoms with Crippen molar-refractivity contribution >= 4 is 17.6 Å². The fourth-order valence-electron chi connectivity index (χ4n) is 4.12. The first kappa shape index (κ1) is 24.3. The maximum absolute atomic E-state index is 13.7. The molecule has 0 N–H and O–H groups in total. The van der Waals surface area contributed by atoms with Gasteiger partial charge in [-0.15, -0.1) is 10.2 Å². The third-order valence-electron chi connectivity index (χ3n) is 6.44. The maximum Gasteiger partial charge on any atom is 0.254 e. The van der Waals surface area contributed by atoms with E-state index in [0.717, 1.165) is 17.1 Å². The van der Waals surface area contributed by atoms with E-state index in [9.17, 15) is 14.0 Å². The van der Waals surface area contributed by atoms with Crippen LogP contribution in [-0.2, 0) is 4.79 Å². The van der Waals surface area contributed by atoms with Crippen LogP contribution in [-0.4, -0.2) is 70.6 Å². The molecule has 1 saturated heterocycles. The fraction of sp³-hybridized carbons (Fsp3) is 0.333. The maximum atomic E-state index is 13.7. The molecule has 1 atom stereocenters. The summed E-state index contributed by atoms with van der Waals surface area (Å²) >= 11 is 0. The van der Waals surface area contributed by atoms with Crippen molar-refractivity contribution in [3.8, 4) is 11.3 Å². The Morgan fingerprint density at radius 1 is 0.971 bits per heavy atom. The first-order chi connectivity index (χ1) is 17.0. The Morgan fingerprint density at radius 3 is 2.34 bits per heavy atom. The van der Waals surface area contributed by atoms with Crippen LogP contribution in [0, 0.1) is 5.82 Å². The Labute approximate surface area is 205 Å². The lowest BCUT2D eigenvalue weighted by atomic mass is 10.1. The van der Waals surface area contributed by atoms with Crippen molar-refractivity contribution in [1.29, 1.82) is 0 Å². The minimum Gasteiger partial charge on any atom is -0.352 e. The van der Waals surface area contributed by atoms with E-state index in [1.54, 1.807) is 11.0 Å². The Bertz CT molecular complexity index is 1150. The van der Waals surface area contributed by atoms with E-state index in [4.69, 9.17) is 0 Å². The van der Waals surface area contributed by atoms with Crippen molar-refractivity contribution in [2.45, 2.75) is 26.3 Å². The number of hydrogen-bond donors (Lipinski definition) is 0. The smallest absolute Gasteiger partial charge is 0.254 e. The van der Waals surface area contributed by atoms with Crippen LogP contribution in [0.25, 0.3) is 11.3 Å². The number of amides is 2. The first-order valence-electron chi connectivity index (χ1n) is 11.9. The summed E-state index contributed by atoms with van der Waals surface area (Å²) < 4.78 is 13.7. The predicted octanol–water partition coefficient (Wildman–Crippen LogP) is 3.87. The van der Waals surface area contributed by atoms with Gasteiger partial charge in [-0.2, -0.15) is 0 Å². The van der Waals surface area contributed by atoms with Crippen molar-refractivity contribution in [2.24, 2.45) is 0 Å². The SMILES string of the molecule is CC[C@H](C)N(CC(=O)N1CCN(c2ccc(-c3ccccc3)nn2)CC1)C(=O)c1cccc(F)c1.